The first kappa shape index (κ1) is 24.6. The number of nitrogens with one attached hydrogen (secondary N) is 3. The predicted molar refractivity (Wildman–Crippen MR) is 128 cm³/mol. The fourth-order valence-corrected chi connectivity index (χ4v) is 2.96. The van der Waals surface area contributed by atoms with Crippen molar-refractivity contribution in [2.45, 2.75) is 33.6 Å². The predicted octanol–water partition coefficient (Wildman–Crippen LogP) is 4.50. The molecule has 1 aliphatic rings. The fourth-order valence-electron chi connectivity index (χ4n) is 2.96. The highest BCUT2D eigenvalue weighted by atomic mass is 16.5. The van der Waals surface area contributed by atoms with Crippen molar-refractivity contribution in [2.75, 3.05) is 17.7 Å². The monoisotopic (exact) mass is 437 g/mol. The lowest BCUT2D eigenvalue weighted by Crippen LogP contribution is -2.19. The van der Waals surface area contributed by atoms with Crippen molar-refractivity contribution in [3.05, 3.63) is 54.4 Å². The van der Waals surface area contributed by atoms with Gasteiger partial charge in [-0.2, -0.15) is 0 Å². The normalized spacial score (nSPS) is 12.3. The molecule has 8 nitrogen and oxygen atoms in total. The van der Waals surface area contributed by atoms with Gasteiger partial charge >= 0.3 is 0 Å². The number of anilines is 3. The van der Waals surface area contributed by atoms with Crippen molar-refractivity contribution in [2.24, 2.45) is 17.6 Å². The van der Waals surface area contributed by atoms with E-state index >= 15 is 0 Å². The number of benzene rings is 1. The van der Waals surface area contributed by atoms with Gasteiger partial charge in [-0.15, -0.1) is 0 Å². The van der Waals surface area contributed by atoms with Crippen LogP contribution in [0.25, 0.3) is 0 Å². The van der Waals surface area contributed by atoms with Gasteiger partial charge in [-0.3, -0.25) is 9.59 Å². The number of para-hydroxylation sites is 1. The van der Waals surface area contributed by atoms with Crippen molar-refractivity contribution < 1.29 is 14.3 Å². The summed E-state index contributed by atoms with van der Waals surface area (Å²) in [6.45, 7) is 8.43. The molecule has 1 fully saturated rings. The summed E-state index contributed by atoms with van der Waals surface area (Å²) in [7, 11) is 1.55. The van der Waals surface area contributed by atoms with Crippen LogP contribution < -0.4 is 21.1 Å². The first-order valence-electron chi connectivity index (χ1n) is 10.4. The lowest BCUT2D eigenvalue weighted by molar-refractivity contribution is -0.118. The molecule has 0 spiro atoms. The zero-order valence-electron chi connectivity index (χ0n) is 19.0. The number of hydrogen-bond acceptors (Lipinski definition) is 7. The van der Waals surface area contributed by atoms with Gasteiger partial charge in [-0.1, -0.05) is 26.5 Å². The lowest BCUT2D eigenvalue weighted by Gasteiger charge is -2.17. The molecular weight excluding hydrogens is 406 g/mol. The first-order chi connectivity index (χ1) is 15.2. The minimum absolute atomic E-state index is 0.0329. The number of carbonyl (C=O) groups is 2. The number of rotatable bonds is 8. The van der Waals surface area contributed by atoms with Crippen LogP contribution in [0.1, 0.15) is 49.5 Å². The van der Waals surface area contributed by atoms with Crippen LogP contribution in [0.5, 0.6) is 5.75 Å². The number of pyridine rings is 1. The van der Waals surface area contributed by atoms with Gasteiger partial charge in [0.05, 0.1) is 24.0 Å². The average Bonchev–Trinajstić information content (AvgIpc) is 3.59. The number of ether oxygens (including phenoxy) is 1. The Hall–Kier alpha value is -3.68. The SMILES string of the molecule is C=CN.COc1c(Nc2cc(NC(=O)C(C)C)ncc2C(=O)C2CC2)cccc1C(C)=N. The molecule has 0 saturated heterocycles. The third-order valence-corrected chi connectivity index (χ3v) is 4.79. The van der Waals surface area contributed by atoms with E-state index in [0.717, 1.165) is 12.8 Å². The maximum atomic E-state index is 12.8. The lowest BCUT2D eigenvalue weighted by atomic mass is 10.1. The van der Waals surface area contributed by atoms with Crippen molar-refractivity contribution in [3.63, 3.8) is 0 Å². The second-order valence-electron chi connectivity index (χ2n) is 7.77. The molecule has 1 saturated carbocycles. The van der Waals surface area contributed by atoms with Gasteiger partial charge < -0.3 is 26.5 Å². The van der Waals surface area contributed by atoms with Crippen LogP contribution in [0.4, 0.5) is 17.2 Å². The van der Waals surface area contributed by atoms with Crippen LogP contribution >= 0.6 is 0 Å². The van der Waals surface area contributed by atoms with Gasteiger partial charge in [-0.05, 0) is 38.1 Å². The van der Waals surface area contributed by atoms with E-state index in [4.69, 9.17) is 10.1 Å². The topological polar surface area (TPSA) is 130 Å². The van der Waals surface area contributed by atoms with E-state index < -0.39 is 0 Å². The van der Waals surface area contributed by atoms with E-state index in [0.29, 0.717) is 39.8 Å². The summed E-state index contributed by atoms with van der Waals surface area (Å²) in [5.41, 5.74) is 7.31. The highest BCUT2D eigenvalue weighted by Gasteiger charge is 2.32. The number of ketones is 1. The molecule has 0 unspecified atom stereocenters. The third kappa shape index (κ3) is 6.16. The number of amides is 1. The zero-order chi connectivity index (χ0) is 23.8. The van der Waals surface area contributed by atoms with E-state index in [1.54, 1.807) is 33.9 Å². The number of methoxy groups -OCH3 is 1. The molecule has 1 aromatic carbocycles. The summed E-state index contributed by atoms with van der Waals surface area (Å²) in [6, 6.07) is 7.12. The van der Waals surface area contributed by atoms with Crippen LogP contribution in [0.15, 0.2) is 43.2 Å². The molecule has 0 atom stereocenters. The second kappa shape index (κ2) is 11.1. The smallest absolute Gasteiger partial charge is 0.228 e. The Morgan fingerprint density at radius 2 is 1.94 bits per heavy atom. The summed E-state index contributed by atoms with van der Waals surface area (Å²) < 4.78 is 5.52. The number of Topliss-reactive ketones (excluding diaryl/α,β-unsaturated/α-hetero) is 1. The molecule has 1 heterocycles. The van der Waals surface area contributed by atoms with Crippen LogP contribution in [-0.4, -0.2) is 29.5 Å². The molecule has 2 aromatic rings. The zero-order valence-corrected chi connectivity index (χ0v) is 19.0. The average molecular weight is 438 g/mol. The maximum absolute atomic E-state index is 12.8. The van der Waals surface area contributed by atoms with E-state index in [-0.39, 0.29) is 23.5 Å². The Kier molecular flexibility index (Phi) is 8.52. The van der Waals surface area contributed by atoms with Crippen molar-refractivity contribution >= 4 is 34.6 Å². The summed E-state index contributed by atoms with van der Waals surface area (Å²) >= 11 is 0. The largest absolute Gasteiger partial charge is 0.494 e. The molecule has 1 aromatic heterocycles. The molecule has 0 radical (unpaired) electrons. The van der Waals surface area contributed by atoms with Gasteiger partial charge in [0.15, 0.2) is 11.5 Å². The Bertz CT molecular complexity index is 1010. The highest BCUT2D eigenvalue weighted by Crippen LogP contribution is 2.37. The molecule has 170 valence electrons. The summed E-state index contributed by atoms with van der Waals surface area (Å²) in [5.74, 6) is 0.633. The van der Waals surface area contributed by atoms with Gasteiger partial charge in [0, 0.05) is 35.4 Å². The standard InChI is InChI=1S/C22H26N4O3.C2H5N/c1-12(2)22(28)26-19-10-18(16(11-24-19)20(27)14-8-9-14)25-17-7-5-6-15(13(3)23)21(17)29-4;1-2-3/h5-7,10-12,14,23H,8-9H2,1-4H3,(H2,24,25,26,28);2H,1,3H2. The fraction of sp³-hybridized carbons (Fsp3) is 0.333. The molecule has 0 bridgehead atoms. The molecular formula is C24H31N5O3. The van der Waals surface area contributed by atoms with Crippen molar-refractivity contribution in [1.29, 1.82) is 5.41 Å². The van der Waals surface area contributed by atoms with Crippen molar-refractivity contribution in [1.82, 2.24) is 4.98 Å². The number of hydrogen-bond donors (Lipinski definition) is 4. The van der Waals surface area contributed by atoms with E-state index in [1.807, 2.05) is 18.2 Å². The second-order valence-corrected chi connectivity index (χ2v) is 7.77. The Morgan fingerprint density at radius 3 is 2.47 bits per heavy atom. The van der Waals surface area contributed by atoms with Gasteiger partial charge in [0.25, 0.3) is 0 Å². The van der Waals surface area contributed by atoms with Crippen LogP contribution in [-0.2, 0) is 4.79 Å². The third-order valence-electron chi connectivity index (χ3n) is 4.79. The number of nitrogens with two attached hydrogens (primary N) is 1. The quantitative estimate of drug-likeness (QED) is 0.355. The molecule has 1 aliphatic carbocycles. The number of nitrogens with zero attached hydrogens (tertiary/aromatic N) is 1. The van der Waals surface area contributed by atoms with Gasteiger partial charge in [0.1, 0.15) is 5.82 Å². The van der Waals surface area contributed by atoms with E-state index in [1.165, 1.54) is 12.4 Å². The Morgan fingerprint density at radius 1 is 1.28 bits per heavy atom. The van der Waals surface area contributed by atoms with Crippen LogP contribution in [0, 0.1) is 17.2 Å². The van der Waals surface area contributed by atoms with Crippen LogP contribution in [0.3, 0.4) is 0 Å². The molecule has 3 rings (SSSR count). The first-order valence-corrected chi connectivity index (χ1v) is 10.4. The number of aromatic nitrogens is 1. The van der Waals surface area contributed by atoms with Crippen molar-refractivity contribution in [3.8, 4) is 5.75 Å². The molecule has 8 heteroatoms. The van der Waals surface area contributed by atoms with Gasteiger partial charge in [-0.25, -0.2) is 4.98 Å². The maximum Gasteiger partial charge on any atom is 0.228 e. The van der Waals surface area contributed by atoms with E-state index in [9.17, 15) is 9.59 Å². The highest BCUT2D eigenvalue weighted by molar-refractivity contribution is 6.06. The Balaban J connectivity index is 0.00000114. The van der Waals surface area contributed by atoms with Crippen LogP contribution in [0.2, 0.25) is 0 Å². The Labute approximate surface area is 188 Å². The minimum Gasteiger partial charge on any atom is -0.494 e. The molecule has 1 amide bonds. The summed E-state index contributed by atoms with van der Waals surface area (Å²) in [6.07, 6.45) is 4.53. The number of carbonyl (C=O) groups excluding carboxylic acids is 2. The molecule has 5 N–H and O–H groups in total. The minimum atomic E-state index is -0.187. The van der Waals surface area contributed by atoms with Gasteiger partial charge in [0.2, 0.25) is 5.91 Å². The molecule has 32 heavy (non-hydrogen) atoms. The van der Waals surface area contributed by atoms with E-state index in [2.05, 4.69) is 27.9 Å². The summed E-state index contributed by atoms with van der Waals surface area (Å²) in [5, 5.41) is 14.0. The summed E-state index contributed by atoms with van der Waals surface area (Å²) in [4.78, 5) is 29.1. The molecule has 0 aliphatic heterocycles.